The number of aromatic nitrogens is 2. The average molecular weight is 252 g/mol. The Morgan fingerprint density at radius 1 is 1.28 bits per heavy atom. The number of hydrogen-bond donors (Lipinski definition) is 2. The second-order valence-corrected chi connectivity index (χ2v) is 5.43. The van der Waals surface area contributed by atoms with Gasteiger partial charge in [-0.25, -0.2) is 9.97 Å². The van der Waals surface area contributed by atoms with Crippen LogP contribution in [-0.2, 0) is 5.41 Å². The van der Waals surface area contributed by atoms with Gasteiger partial charge in [0.2, 0.25) is 0 Å². The first kappa shape index (κ1) is 14.7. The minimum Gasteiger partial charge on any atom is -0.395 e. The van der Waals surface area contributed by atoms with Crippen LogP contribution in [0.5, 0.6) is 0 Å². The molecule has 5 heteroatoms. The van der Waals surface area contributed by atoms with Gasteiger partial charge in [-0.2, -0.15) is 0 Å². The number of nitrogens with zero attached hydrogens (tertiary/aromatic N) is 3. The zero-order valence-corrected chi connectivity index (χ0v) is 12.0. The number of nitrogen functional groups attached to an aromatic ring is 1. The third-order valence-electron chi connectivity index (χ3n) is 2.88. The maximum atomic E-state index is 9.10. The molecule has 0 radical (unpaired) electrons. The van der Waals surface area contributed by atoms with Crippen LogP contribution >= 0.6 is 0 Å². The normalized spacial score (nSPS) is 11.7. The maximum absolute atomic E-state index is 9.10. The number of anilines is 2. The predicted molar refractivity (Wildman–Crippen MR) is 74.9 cm³/mol. The summed E-state index contributed by atoms with van der Waals surface area (Å²) in [6.45, 7) is 11.6. The van der Waals surface area contributed by atoms with Crippen LogP contribution in [0.15, 0.2) is 0 Å². The van der Waals surface area contributed by atoms with E-state index in [1.165, 1.54) is 0 Å². The fourth-order valence-corrected chi connectivity index (χ4v) is 1.70. The highest BCUT2D eigenvalue weighted by Gasteiger charge is 2.22. The Labute approximate surface area is 109 Å². The first-order chi connectivity index (χ1) is 8.31. The zero-order valence-electron chi connectivity index (χ0n) is 12.0. The molecule has 1 heterocycles. The van der Waals surface area contributed by atoms with Crippen LogP contribution in [0.2, 0.25) is 0 Å². The molecule has 0 aliphatic carbocycles. The molecule has 0 amide bonds. The van der Waals surface area contributed by atoms with Gasteiger partial charge in [0.05, 0.1) is 6.61 Å². The van der Waals surface area contributed by atoms with Gasteiger partial charge in [0.15, 0.2) is 0 Å². The van der Waals surface area contributed by atoms with Crippen LogP contribution in [0, 0.1) is 6.92 Å². The van der Waals surface area contributed by atoms with E-state index >= 15 is 0 Å². The first-order valence-electron chi connectivity index (χ1n) is 6.31. The second kappa shape index (κ2) is 5.52. The summed E-state index contributed by atoms with van der Waals surface area (Å²) in [7, 11) is 0. The molecule has 0 aliphatic rings. The Morgan fingerprint density at radius 3 is 2.33 bits per heavy atom. The molecule has 0 atom stereocenters. The molecule has 0 spiro atoms. The van der Waals surface area contributed by atoms with Crippen LogP contribution < -0.4 is 10.6 Å². The summed E-state index contributed by atoms with van der Waals surface area (Å²) >= 11 is 0. The van der Waals surface area contributed by atoms with Crippen molar-refractivity contribution in [3.8, 4) is 0 Å². The van der Waals surface area contributed by atoms with Crippen LogP contribution in [-0.4, -0.2) is 34.8 Å². The number of aliphatic hydroxyl groups is 1. The Kier molecular flexibility index (Phi) is 4.51. The summed E-state index contributed by atoms with van der Waals surface area (Å²) in [4.78, 5) is 11.0. The van der Waals surface area contributed by atoms with Crippen molar-refractivity contribution in [1.29, 1.82) is 0 Å². The monoisotopic (exact) mass is 252 g/mol. The lowest BCUT2D eigenvalue weighted by atomic mass is 9.95. The summed E-state index contributed by atoms with van der Waals surface area (Å²) in [6.07, 6.45) is 0. The van der Waals surface area contributed by atoms with E-state index in [4.69, 9.17) is 10.8 Å². The molecule has 0 saturated heterocycles. The maximum Gasteiger partial charge on any atom is 0.138 e. The van der Waals surface area contributed by atoms with E-state index in [1.807, 2.05) is 18.7 Å². The smallest absolute Gasteiger partial charge is 0.138 e. The van der Waals surface area contributed by atoms with Gasteiger partial charge in [-0.15, -0.1) is 0 Å². The Balaban J connectivity index is 3.29. The third-order valence-corrected chi connectivity index (χ3v) is 2.88. The van der Waals surface area contributed by atoms with Gasteiger partial charge < -0.3 is 15.7 Å². The molecule has 0 aliphatic heterocycles. The van der Waals surface area contributed by atoms with Crippen molar-refractivity contribution in [3.05, 3.63) is 11.4 Å². The van der Waals surface area contributed by atoms with E-state index < -0.39 is 0 Å². The van der Waals surface area contributed by atoms with Crippen molar-refractivity contribution >= 4 is 11.6 Å². The van der Waals surface area contributed by atoms with Gasteiger partial charge in [-0.3, -0.25) is 0 Å². The van der Waals surface area contributed by atoms with E-state index in [-0.39, 0.29) is 12.0 Å². The fraction of sp³-hybridized carbons (Fsp3) is 0.692. The SMILES string of the molecule is CCN(CCO)c1nc(C(C)(C)C)nc(N)c1C. The van der Waals surface area contributed by atoms with Crippen LogP contribution in [0.25, 0.3) is 0 Å². The number of nitrogens with two attached hydrogens (primary N) is 1. The molecule has 1 rings (SSSR count). The predicted octanol–water partition coefficient (Wildman–Crippen LogP) is 1.48. The van der Waals surface area contributed by atoms with Gasteiger partial charge in [0.1, 0.15) is 17.5 Å². The van der Waals surface area contributed by atoms with Gasteiger partial charge >= 0.3 is 0 Å². The summed E-state index contributed by atoms with van der Waals surface area (Å²) in [5.41, 5.74) is 6.70. The van der Waals surface area contributed by atoms with E-state index in [9.17, 15) is 0 Å². The topological polar surface area (TPSA) is 75.3 Å². The largest absolute Gasteiger partial charge is 0.395 e. The number of hydrogen-bond acceptors (Lipinski definition) is 5. The molecule has 1 aromatic heterocycles. The molecule has 0 fully saturated rings. The minimum absolute atomic E-state index is 0.0992. The highest BCUT2D eigenvalue weighted by Crippen LogP contribution is 2.26. The summed E-state index contributed by atoms with van der Waals surface area (Å²) in [6, 6.07) is 0. The quantitative estimate of drug-likeness (QED) is 0.849. The van der Waals surface area contributed by atoms with Crippen molar-refractivity contribution in [2.75, 3.05) is 30.3 Å². The van der Waals surface area contributed by atoms with Gasteiger partial charge in [-0.1, -0.05) is 20.8 Å². The molecule has 18 heavy (non-hydrogen) atoms. The zero-order chi connectivity index (χ0) is 13.9. The van der Waals surface area contributed by atoms with Gasteiger partial charge in [-0.05, 0) is 13.8 Å². The highest BCUT2D eigenvalue weighted by atomic mass is 16.3. The molecule has 3 N–H and O–H groups in total. The highest BCUT2D eigenvalue weighted by molar-refractivity contribution is 5.56. The minimum atomic E-state index is -0.144. The summed E-state index contributed by atoms with van der Waals surface area (Å²) in [5, 5.41) is 9.10. The van der Waals surface area contributed by atoms with E-state index in [2.05, 4.69) is 30.7 Å². The molecular formula is C13H24N4O. The van der Waals surface area contributed by atoms with E-state index in [1.54, 1.807) is 0 Å². The Bertz CT molecular complexity index is 412. The Morgan fingerprint density at radius 2 is 1.89 bits per heavy atom. The average Bonchev–Trinajstić information content (AvgIpc) is 2.28. The van der Waals surface area contributed by atoms with E-state index in [0.717, 1.165) is 23.8 Å². The standard InChI is InChI=1S/C13H24N4O/c1-6-17(7-8-18)11-9(2)10(14)15-12(16-11)13(3,4)5/h18H,6-8H2,1-5H3,(H2,14,15,16). The van der Waals surface area contributed by atoms with Crippen LogP contribution in [0.4, 0.5) is 11.6 Å². The van der Waals surface area contributed by atoms with Gasteiger partial charge in [0.25, 0.3) is 0 Å². The number of likely N-dealkylation sites (N-methyl/N-ethyl adjacent to an activating group) is 1. The van der Waals surface area contributed by atoms with Crippen molar-refractivity contribution in [2.24, 2.45) is 0 Å². The van der Waals surface area contributed by atoms with Crippen molar-refractivity contribution in [3.63, 3.8) is 0 Å². The lowest BCUT2D eigenvalue weighted by Crippen LogP contribution is -2.30. The van der Waals surface area contributed by atoms with E-state index in [0.29, 0.717) is 12.4 Å². The van der Waals surface area contributed by atoms with Crippen LogP contribution in [0.3, 0.4) is 0 Å². The third kappa shape index (κ3) is 3.10. The fourth-order valence-electron chi connectivity index (χ4n) is 1.70. The first-order valence-corrected chi connectivity index (χ1v) is 6.31. The molecule has 0 bridgehead atoms. The lowest BCUT2D eigenvalue weighted by molar-refractivity contribution is 0.302. The Hall–Kier alpha value is -1.36. The summed E-state index contributed by atoms with van der Waals surface area (Å²) < 4.78 is 0. The van der Waals surface area contributed by atoms with Crippen molar-refractivity contribution < 1.29 is 5.11 Å². The second-order valence-electron chi connectivity index (χ2n) is 5.43. The van der Waals surface area contributed by atoms with Crippen LogP contribution in [0.1, 0.15) is 39.1 Å². The number of rotatable bonds is 4. The molecular weight excluding hydrogens is 228 g/mol. The molecule has 0 saturated carbocycles. The van der Waals surface area contributed by atoms with Gasteiger partial charge in [0, 0.05) is 24.1 Å². The van der Waals surface area contributed by atoms with Crippen molar-refractivity contribution in [2.45, 2.75) is 40.0 Å². The molecule has 0 unspecified atom stereocenters. The molecule has 102 valence electrons. The lowest BCUT2D eigenvalue weighted by Gasteiger charge is -2.26. The molecule has 5 nitrogen and oxygen atoms in total. The molecule has 0 aromatic carbocycles. The molecule has 1 aromatic rings. The number of aliphatic hydroxyl groups excluding tert-OH is 1. The van der Waals surface area contributed by atoms with Crippen molar-refractivity contribution in [1.82, 2.24) is 9.97 Å². The summed E-state index contributed by atoms with van der Waals surface area (Å²) in [5.74, 6) is 2.07.